The van der Waals surface area contributed by atoms with Gasteiger partial charge in [-0.1, -0.05) is 42.7 Å². The van der Waals surface area contributed by atoms with E-state index in [4.69, 9.17) is 10.5 Å². The maximum Gasteiger partial charge on any atom is 0.206 e. The fourth-order valence-electron chi connectivity index (χ4n) is 3.10. The Labute approximate surface area is 128 Å². The molecule has 0 bridgehead atoms. The molecule has 1 aromatic heterocycles. The Morgan fingerprint density at radius 2 is 2.05 bits per heavy atom. The first-order chi connectivity index (χ1) is 10.2. The number of ether oxygens (including phenoxy) is 1. The molecule has 21 heavy (non-hydrogen) atoms. The SMILES string of the molecule is COc1cc(-c2nc(N)sc2F)ccc1C1CCCCC1. The minimum atomic E-state index is -0.347. The second-order valence-corrected chi connectivity index (χ2v) is 6.45. The number of thiazole rings is 1. The number of rotatable bonds is 3. The predicted octanol–water partition coefficient (Wildman–Crippen LogP) is 4.59. The van der Waals surface area contributed by atoms with Crippen molar-refractivity contribution in [1.29, 1.82) is 0 Å². The molecule has 3 rings (SSSR count). The number of aromatic nitrogens is 1. The molecule has 5 heteroatoms. The highest BCUT2D eigenvalue weighted by Gasteiger charge is 2.20. The summed E-state index contributed by atoms with van der Waals surface area (Å²) >= 11 is 0.869. The molecule has 1 aliphatic rings. The van der Waals surface area contributed by atoms with E-state index in [0.29, 0.717) is 11.6 Å². The highest BCUT2D eigenvalue weighted by molar-refractivity contribution is 7.14. The quantitative estimate of drug-likeness (QED) is 0.902. The fraction of sp³-hybridized carbons (Fsp3) is 0.438. The average Bonchev–Trinajstić information content (AvgIpc) is 2.86. The lowest BCUT2D eigenvalue weighted by Crippen LogP contribution is -2.06. The van der Waals surface area contributed by atoms with Gasteiger partial charge in [0.05, 0.1) is 7.11 Å². The van der Waals surface area contributed by atoms with Crippen LogP contribution in [0.1, 0.15) is 43.6 Å². The van der Waals surface area contributed by atoms with Gasteiger partial charge in [0.25, 0.3) is 0 Å². The largest absolute Gasteiger partial charge is 0.496 e. The van der Waals surface area contributed by atoms with Crippen molar-refractivity contribution < 1.29 is 9.13 Å². The highest BCUT2D eigenvalue weighted by atomic mass is 32.1. The summed E-state index contributed by atoms with van der Waals surface area (Å²) in [7, 11) is 1.66. The zero-order valence-electron chi connectivity index (χ0n) is 12.1. The number of halogens is 1. The van der Waals surface area contributed by atoms with Gasteiger partial charge < -0.3 is 10.5 Å². The maximum atomic E-state index is 13.8. The van der Waals surface area contributed by atoms with Crippen LogP contribution in [0.15, 0.2) is 18.2 Å². The Morgan fingerprint density at radius 1 is 1.29 bits per heavy atom. The molecule has 0 amide bonds. The molecule has 0 atom stereocenters. The molecule has 1 aliphatic carbocycles. The third kappa shape index (κ3) is 2.88. The summed E-state index contributed by atoms with van der Waals surface area (Å²) in [5.41, 5.74) is 7.83. The molecule has 0 unspecified atom stereocenters. The predicted molar refractivity (Wildman–Crippen MR) is 84.3 cm³/mol. The molecule has 2 N–H and O–H groups in total. The molecule has 0 radical (unpaired) electrons. The average molecular weight is 306 g/mol. The van der Waals surface area contributed by atoms with Crippen molar-refractivity contribution in [3.05, 3.63) is 28.9 Å². The summed E-state index contributed by atoms with van der Waals surface area (Å²) in [5, 5.41) is -0.0993. The molecule has 0 saturated heterocycles. The second kappa shape index (κ2) is 6.02. The van der Waals surface area contributed by atoms with E-state index in [9.17, 15) is 4.39 Å². The number of anilines is 1. The fourth-order valence-corrected chi connectivity index (χ4v) is 3.69. The molecule has 0 spiro atoms. The van der Waals surface area contributed by atoms with Crippen LogP contribution in [0.2, 0.25) is 0 Å². The summed E-state index contributed by atoms with van der Waals surface area (Å²) < 4.78 is 19.4. The molecule has 3 nitrogen and oxygen atoms in total. The maximum absolute atomic E-state index is 13.8. The number of nitrogens with two attached hydrogens (primary N) is 1. The van der Waals surface area contributed by atoms with Crippen molar-refractivity contribution >= 4 is 16.5 Å². The van der Waals surface area contributed by atoms with Gasteiger partial charge in [0, 0.05) is 5.56 Å². The van der Waals surface area contributed by atoms with E-state index >= 15 is 0 Å². The molecule has 1 fully saturated rings. The van der Waals surface area contributed by atoms with E-state index in [2.05, 4.69) is 11.1 Å². The zero-order chi connectivity index (χ0) is 14.8. The van der Waals surface area contributed by atoms with Crippen LogP contribution < -0.4 is 10.5 Å². The lowest BCUT2D eigenvalue weighted by Gasteiger charge is -2.24. The van der Waals surface area contributed by atoms with Gasteiger partial charge in [-0.15, -0.1) is 0 Å². The van der Waals surface area contributed by atoms with Crippen LogP contribution in [0, 0.1) is 5.13 Å². The van der Waals surface area contributed by atoms with Crippen LogP contribution in [0.3, 0.4) is 0 Å². The van der Waals surface area contributed by atoms with Gasteiger partial charge in [0.2, 0.25) is 5.13 Å². The molecular weight excluding hydrogens is 287 g/mol. The van der Waals surface area contributed by atoms with Crippen molar-refractivity contribution in [2.24, 2.45) is 0 Å². The van der Waals surface area contributed by atoms with Gasteiger partial charge in [-0.2, -0.15) is 4.39 Å². The summed E-state index contributed by atoms with van der Waals surface area (Å²) in [6, 6.07) is 5.85. The summed E-state index contributed by atoms with van der Waals surface area (Å²) in [6.45, 7) is 0. The van der Waals surface area contributed by atoms with E-state index in [0.717, 1.165) is 22.6 Å². The summed E-state index contributed by atoms with van der Waals surface area (Å²) in [5.74, 6) is 1.37. The van der Waals surface area contributed by atoms with Gasteiger partial charge in [-0.25, -0.2) is 4.98 Å². The monoisotopic (exact) mass is 306 g/mol. The Kier molecular flexibility index (Phi) is 4.10. The normalized spacial score (nSPS) is 16.1. The van der Waals surface area contributed by atoms with Crippen molar-refractivity contribution in [2.75, 3.05) is 12.8 Å². The molecular formula is C16H19FN2OS. The second-order valence-electron chi connectivity index (χ2n) is 5.47. The molecule has 2 aromatic rings. The van der Waals surface area contributed by atoms with Crippen LogP contribution in [0.5, 0.6) is 5.75 Å². The standard InChI is InChI=1S/C16H19FN2OS/c1-20-13-9-11(14-15(17)21-16(18)19-14)7-8-12(13)10-5-3-2-4-6-10/h7-10H,2-6H2,1H3,(H2,18,19). The lowest BCUT2D eigenvalue weighted by atomic mass is 9.83. The summed E-state index contributed by atoms with van der Waals surface area (Å²) in [4.78, 5) is 4.06. The smallest absolute Gasteiger partial charge is 0.206 e. The first-order valence-corrected chi connectivity index (χ1v) is 8.11. The summed E-state index contributed by atoms with van der Waals surface area (Å²) in [6.07, 6.45) is 6.27. The Bertz CT molecular complexity index is 635. The third-order valence-corrected chi connectivity index (χ3v) is 4.83. The number of methoxy groups -OCH3 is 1. The number of nitrogens with zero attached hydrogens (tertiary/aromatic N) is 1. The Balaban J connectivity index is 1.96. The van der Waals surface area contributed by atoms with Crippen LogP contribution >= 0.6 is 11.3 Å². The van der Waals surface area contributed by atoms with Gasteiger partial charge in [0.1, 0.15) is 11.4 Å². The highest BCUT2D eigenvalue weighted by Crippen LogP contribution is 2.39. The number of hydrogen-bond acceptors (Lipinski definition) is 4. The minimum Gasteiger partial charge on any atom is -0.496 e. The number of hydrogen-bond donors (Lipinski definition) is 1. The van der Waals surface area contributed by atoms with E-state index < -0.39 is 0 Å². The van der Waals surface area contributed by atoms with Gasteiger partial charge in [-0.3, -0.25) is 0 Å². The Hall–Kier alpha value is -1.62. The van der Waals surface area contributed by atoms with Crippen LogP contribution in [0.4, 0.5) is 9.52 Å². The van der Waals surface area contributed by atoms with E-state index in [1.54, 1.807) is 7.11 Å². The lowest BCUT2D eigenvalue weighted by molar-refractivity contribution is 0.387. The zero-order valence-corrected chi connectivity index (χ0v) is 12.9. The van der Waals surface area contributed by atoms with Crippen molar-refractivity contribution in [3.63, 3.8) is 0 Å². The number of nitrogen functional groups attached to an aromatic ring is 1. The first kappa shape index (κ1) is 14.3. The third-order valence-electron chi connectivity index (χ3n) is 4.15. The van der Waals surface area contributed by atoms with Crippen molar-refractivity contribution in [1.82, 2.24) is 4.98 Å². The molecule has 1 heterocycles. The van der Waals surface area contributed by atoms with Gasteiger partial charge in [0.15, 0.2) is 5.13 Å². The van der Waals surface area contributed by atoms with E-state index in [1.807, 2.05) is 12.1 Å². The topological polar surface area (TPSA) is 48.1 Å². The van der Waals surface area contributed by atoms with Crippen LogP contribution in [-0.2, 0) is 0 Å². The molecule has 1 saturated carbocycles. The minimum absolute atomic E-state index is 0.248. The molecule has 112 valence electrons. The number of benzene rings is 1. The van der Waals surface area contributed by atoms with E-state index in [1.165, 1.54) is 37.7 Å². The van der Waals surface area contributed by atoms with Crippen LogP contribution in [0.25, 0.3) is 11.3 Å². The molecule has 1 aromatic carbocycles. The Morgan fingerprint density at radius 3 is 2.67 bits per heavy atom. The van der Waals surface area contributed by atoms with Gasteiger partial charge >= 0.3 is 0 Å². The van der Waals surface area contributed by atoms with Crippen LogP contribution in [-0.4, -0.2) is 12.1 Å². The first-order valence-electron chi connectivity index (χ1n) is 7.29. The van der Waals surface area contributed by atoms with E-state index in [-0.39, 0.29) is 10.3 Å². The molecule has 0 aliphatic heterocycles. The van der Waals surface area contributed by atoms with Crippen molar-refractivity contribution in [2.45, 2.75) is 38.0 Å². The van der Waals surface area contributed by atoms with Crippen molar-refractivity contribution in [3.8, 4) is 17.0 Å². The van der Waals surface area contributed by atoms with Gasteiger partial charge in [-0.05, 0) is 30.4 Å².